The molecule has 2 aliphatic rings. The first-order valence-corrected chi connectivity index (χ1v) is 6.53. The van der Waals surface area contributed by atoms with Crippen molar-refractivity contribution in [2.45, 2.75) is 25.1 Å². The predicted molar refractivity (Wildman–Crippen MR) is 67.9 cm³/mol. The summed E-state index contributed by atoms with van der Waals surface area (Å²) < 4.78 is 5.85. The van der Waals surface area contributed by atoms with Gasteiger partial charge in [0.1, 0.15) is 0 Å². The molecule has 2 fully saturated rings. The van der Waals surface area contributed by atoms with E-state index >= 15 is 0 Å². The van der Waals surface area contributed by atoms with Crippen molar-refractivity contribution in [3.8, 4) is 0 Å². The van der Waals surface area contributed by atoms with Gasteiger partial charge in [0, 0.05) is 32.2 Å². The van der Waals surface area contributed by atoms with Crippen LogP contribution in [0.5, 0.6) is 0 Å². The first-order valence-electron chi connectivity index (χ1n) is 6.53. The van der Waals surface area contributed by atoms with Crippen molar-refractivity contribution < 1.29 is 4.74 Å². The SMILES string of the molecule is c1ccc(CN2CCC3NCCOC3C2)cc1. The van der Waals surface area contributed by atoms with Crippen molar-refractivity contribution in [1.82, 2.24) is 10.2 Å². The molecule has 3 nitrogen and oxygen atoms in total. The minimum Gasteiger partial charge on any atom is -0.374 e. The van der Waals surface area contributed by atoms with E-state index in [2.05, 4.69) is 40.5 Å². The molecule has 17 heavy (non-hydrogen) atoms. The van der Waals surface area contributed by atoms with Crippen LogP contribution in [0, 0.1) is 0 Å². The van der Waals surface area contributed by atoms with Gasteiger partial charge in [0.05, 0.1) is 12.7 Å². The van der Waals surface area contributed by atoms with E-state index in [1.807, 2.05) is 0 Å². The summed E-state index contributed by atoms with van der Waals surface area (Å²) in [5.74, 6) is 0. The molecule has 0 bridgehead atoms. The monoisotopic (exact) mass is 232 g/mol. The molecule has 1 N–H and O–H groups in total. The molecule has 2 heterocycles. The average Bonchev–Trinajstić information content (AvgIpc) is 2.40. The Morgan fingerprint density at radius 1 is 1.29 bits per heavy atom. The zero-order valence-electron chi connectivity index (χ0n) is 10.1. The number of ether oxygens (including phenoxy) is 1. The molecule has 0 spiro atoms. The molecule has 0 radical (unpaired) electrons. The highest BCUT2D eigenvalue weighted by Gasteiger charge is 2.31. The minimum absolute atomic E-state index is 0.390. The van der Waals surface area contributed by atoms with E-state index in [0.29, 0.717) is 12.1 Å². The Morgan fingerprint density at radius 3 is 3.06 bits per heavy atom. The first kappa shape index (κ1) is 11.2. The molecule has 0 aliphatic carbocycles. The molecule has 92 valence electrons. The van der Waals surface area contributed by atoms with Crippen molar-refractivity contribution in [1.29, 1.82) is 0 Å². The van der Waals surface area contributed by atoms with Crippen LogP contribution in [0.1, 0.15) is 12.0 Å². The number of benzene rings is 1. The maximum atomic E-state index is 5.85. The fourth-order valence-corrected chi connectivity index (χ4v) is 2.82. The lowest BCUT2D eigenvalue weighted by Gasteiger charge is -2.41. The van der Waals surface area contributed by atoms with Gasteiger partial charge in [0.25, 0.3) is 0 Å². The third-order valence-electron chi connectivity index (χ3n) is 3.73. The summed E-state index contributed by atoms with van der Waals surface area (Å²) in [6, 6.07) is 11.3. The van der Waals surface area contributed by atoms with Crippen molar-refractivity contribution in [2.24, 2.45) is 0 Å². The molecule has 3 rings (SSSR count). The Hall–Kier alpha value is -0.900. The Balaban J connectivity index is 1.59. The summed E-state index contributed by atoms with van der Waals surface area (Å²) in [6.45, 7) is 5.16. The highest BCUT2D eigenvalue weighted by Crippen LogP contribution is 2.18. The summed E-state index contributed by atoms with van der Waals surface area (Å²) in [7, 11) is 0. The number of piperidine rings is 1. The number of hydrogen-bond acceptors (Lipinski definition) is 3. The Bertz CT molecular complexity index is 354. The molecule has 2 aliphatic heterocycles. The Morgan fingerprint density at radius 2 is 2.18 bits per heavy atom. The number of nitrogens with one attached hydrogen (secondary N) is 1. The van der Waals surface area contributed by atoms with Gasteiger partial charge in [-0.05, 0) is 12.0 Å². The topological polar surface area (TPSA) is 24.5 Å². The standard InChI is InChI=1S/C14H20N2O/c1-2-4-12(5-3-1)10-16-8-6-13-14(11-16)17-9-7-15-13/h1-5,13-15H,6-11H2. The maximum absolute atomic E-state index is 5.85. The van der Waals surface area contributed by atoms with Crippen LogP contribution in [0.15, 0.2) is 30.3 Å². The molecular formula is C14H20N2O. The van der Waals surface area contributed by atoms with Crippen LogP contribution in [0.25, 0.3) is 0 Å². The fraction of sp³-hybridized carbons (Fsp3) is 0.571. The number of nitrogens with zero attached hydrogens (tertiary/aromatic N) is 1. The molecule has 1 aromatic carbocycles. The van der Waals surface area contributed by atoms with E-state index in [1.165, 1.54) is 18.5 Å². The van der Waals surface area contributed by atoms with E-state index in [1.54, 1.807) is 0 Å². The molecule has 3 heteroatoms. The third kappa shape index (κ3) is 2.68. The van der Waals surface area contributed by atoms with Crippen LogP contribution in [-0.2, 0) is 11.3 Å². The van der Waals surface area contributed by atoms with Gasteiger partial charge < -0.3 is 10.1 Å². The van der Waals surface area contributed by atoms with Crippen molar-refractivity contribution in [2.75, 3.05) is 26.2 Å². The van der Waals surface area contributed by atoms with Gasteiger partial charge in [0.2, 0.25) is 0 Å². The smallest absolute Gasteiger partial charge is 0.0855 e. The number of fused-ring (bicyclic) bond motifs is 1. The molecule has 2 saturated heterocycles. The number of hydrogen-bond donors (Lipinski definition) is 1. The largest absolute Gasteiger partial charge is 0.374 e. The second kappa shape index (κ2) is 5.17. The normalized spacial score (nSPS) is 29.9. The quantitative estimate of drug-likeness (QED) is 0.830. The van der Waals surface area contributed by atoms with E-state index in [9.17, 15) is 0 Å². The Labute approximate surface area is 103 Å². The summed E-state index contributed by atoms with van der Waals surface area (Å²) >= 11 is 0. The van der Waals surface area contributed by atoms with E-state index in [-0.39, 0.29) is 0 Å². The van der Waals surface area contributed by atoms with Crippen LogP contribution in [0.3, 0.4) is 0 Å². The van der Waals surface area contributed by atoms with Crippen molar-refractivity contribution in [3.05, 3.63) is 35.9 Å². The molecular weight excluding hydrogens is 212 g/mol. The van der Waals surface area contributed by atoms with Crippen LogP contribution in [0.4, 0.5) is 0 Å². The lowest BCUT2D eigenvalue weighted by Crippen LogP contribution is -2.57. The van der Waals surface area contributed by atoms with E-state index < -0.39 is 0 Å². The van der Waals surface area contributed by atoms with Crippen LogP contribution in [0.2, 0.25) is 0 Å². The molecule has 1 aromatic rings. The molecule has 0 saturated carbocycles. The van der Waals surface area contributed by atoms with Crippen molar-refractivity contribution in [3.63, 3.8) is 0 Å². The van der Waals surface area contributed by atoms with Gasteiger partial charge in [-0.2, -0.15) is 0 Å². The minimum atomic E-state index is 0.390. The summed E-state index contributed by atoms with van der Waals surface area (Å²) in [5, 5.41) is 3.55. The average molecular weight is 232 g/mol. The summed E-state index contributed by atoms with van der Waals surface area (Å²) in [6.07, 6.45) is 1.60. The second-order valence-corrected chi connectivity index (χ2v) is 4.98. The molecule has 0 aromatic heterocycles. The van der Waals surface area contributed by atoms with E-state index in [4.69, 9.17) is 4.74 Å². The molecule has 2 unspecified atom stereocenters. The van der Waals surface area contributed by atoms with Gasteiger partial charge in [-0.3, -0.25) is 4.90 Å². The van der Waals surface area contributed by atoms with Crippen molar-refractivity contribution >= 4 is 0 Å². The van der Waals surface area contributed by atoms with Gasteiger partial charge in [-0.25, -0.2) is 0 Å². The van der Waals surface area contributed by atoms with Gasteiger partial charge >= 0.3 is 0 Å². The van der Waals surface area contributed by atoms with Gasteiger partial charge in [0.15, 0.2) is 0 Å². The number of rotatable bonds is 2. The second-order valence-electron chi connectivity index (χ2n) is 4.98. The Kier molecular flexibility index (Phi) is 3.41. The highest BCUT2D eigenvalue weighted by atomic mass is 16.5. The van der Waals surface area contributed by atoms with E-state index in [0.717, 1.165) is 26.2 Å². The lowest BCUT2D eigenvalue weighted by molar-refractivity contribution is -0.0488. The number of morpholine rings is 1. The van der Waals surface area contributed by atoms with Crippen LogP contribution < -0.4 is 5.32 Å². The maximum Gasteiger partial charge on any atom is 0.0855 e. The summed E-state index contributed by atoms with van der Waals surface area (Å²) in [5.41, 5.74) is 1.40. The summed E-state index contributed by atoms with van der Waals surface area (Å²) in [4.78, 5) is 2.50. The highest BCUT2D eigenvalue weighted by molar-refractivity contribution is 5.14. The first-order chi connectivity index (χ1) is 8.42. The van der Waals surface area contributed by atoms with Gasteiger partial charge in [-0.15, -0.1) is 0 Å². The lowest BCUT2D eigenvalue weighted by atomic mass is 10.00. The molecule has 0 amide bonds. The fourth-order valence-electron chi connectivity index (χ4n) is 2.82. The predicted octanol–water partition coefficient (Wildman–Crippen LogP) is 1.25. The zero-order chi connectivity index (χ0) is 11.5. The van der Waals surface area contributed by atoms with Crippen LogP contribution >= 0.6 is 0 Å². The van der Waals surface area contributed by atoms with Gasteiger partial charge in [-0.1, -0.05) is 30.3 Å². The zero-order valence-corrected chi connectivity index (χ0v) is 10.1. The number of likely N-dealkylation sites (tertiary alicyclic amines) is 1. The molecule has 2 atom stereocenters. The third-order valence-corrected chi connectivity index (χ3v) is 3.73. The van der Waals surface area contributed by atoms with Crippen LogP contribution in [-0.4, -0.2) is 43.3 Å².